The number of allylic oxidation sites excluding steroid dienone is 2. The van der Waals surface area contributed by atoms with Crippen molar-refractivity contribution in [2.24, 2.45) is 0 Å². The van der Waals surface area contributed by atoms with Gasteiger partial charge in [0, 0.05) is 11.1 Å². The maximum absolute atomic E-state index is 3.76. The highest BCUT2D eigenvalue weighted by Gasteiger charge is 2.08. The molecule has 2 heteroatoms. The minimum Gasteiger partial charge on any atom is -0.0942 e. The van der Waals surface area contributed by atoms with E-state index in [-0.39, 0.29) is 0 Å². The first-order valence-electron chi connectivity index (χ1n) is 11.1. The first-order valence-corrected chi connectivity index (χ1v) is 12.7. The smallest absolute Gasteiger partial charge is 0.0820 e. The molecule has 0 saturated carbocycles. The molecule has 0 unspecified atom stereocenters. The summed E-state index contributed by atoms with van der Waals surface area (Å²) in [6.45, 7) is 4.20. The van der Waals surface area contributed by atoms with E-state index in [0.717, 1.165) is 42.4 Å². The Morgan fingerprint density at radius 2 is 0.735 bits per heavy atom. The van der Waals surface area contributed by atoms with E-state index in [1.807, 2.05) is 12.1 Å². The van der Waals surface area contributed by atoms with Crippen LogP contribution in [0.1, 0.15) is 33.4 Å². The molecule has 0 heterocycles. The van der Waals surface area contributed by atoms with Crippen molar-refractivity contribution in [3.05, 3.63) is 163 Å². The molecule has 0 aliphatic rings. The van der Waals surface area contributed by atoms with Gasteiger partial charge in [0.15, 0.2) is 0 Å². The molecule has 0 nitrogen and oxygen atoms in total. The summed E-state index contributed by atoms with van der Waals surface area (Å²) in [4.78, 5) is 0. The van der Waals surface area contributed by atoms with Crippen LogP contribution in [0.5, 0.6) is 0 Å². The minimum absolute atomic E-state index is 0.799. The lowest BCUT2D eigenvalue weighted by molar-refractivity contribution is 1.44. The lowest BCUT2D eigenvalue weighted by atomic mass is 9.97. The van der Waals surface area contributed by atoms with E-state index in [1.54, 1.807) is 0 Å². The topological polar surface area (TPSA) is 0 Å². The van der Waals surface area contributed by atoms with E-state index < -0.39 is 0 Å². The van der Waals surface area contributed by atoms with Crippen LogP contribution in [0.2, 0.25) is 0 Å². The number of benzene rings is 4. The molecule has 166 valence electrons. The Morgan fingerprint density at radius 3 is 1.06 bits per heavy atom. The number of hydrogen-bond acceptors (Lipinski definition) is 0. The van der Waals surface area contributed by atoms with Crippen LogP contribution in [-0.2, 0) is 0 Å². The van der Waals surface area contributed by atoms with Crippen LogP contribution < -0.4 is 0 Å². The largest absolute Gasteiger partial charge is 0.0942 e. The van der Waals surface area contributed by atoms with Gasteiger partial charge < -0.3 is 0 Å². The first kappa shape index (κ1) is 24.0. The van der Waals surface area contributed by atoms with Crippen molar-refractivity contribution >= 4 is 43.0 Å². The molecule has 4 rings (SSSR count). The van der Waals surface area contributed by atoms with E-state index in [1.165, 1.54) is 11.1 Å². The fourth-order valence-electron chi connectivity index (χ4n) is 3.60. The first-order chi connectivity index (χ1) is 16.5. The van der Waals surface area contributed by atoms with E-state index in [4.69, 9.17) is 0 Å². The van der Waals surface area contributed by atoms with Crippen LogP contribution in [-0.4, -0.2) is 0 Å². The Kier molecular flexibility index (Phi) is 8.01. The minimum atomic E-state index is 0.799. The van der Waals surface area contributed by atoms with Gasteiger partial charge in [0.05, 0.1) is 8.96 Å². The molecule has 0 fully saturated rings. The van der Waals surface area contributed by atoms with Gasteiger partial charge in [-0.15, -0.1) is 0 Å². The van der Waals surface area contributed by atoms with Gasteiger partial charge in [-0.25, -0.2) is 0 Å². The molecule has 0 N–H and O–H groups in total. The molecule has 0 atom stereocenters. The zero-order valence-electron chi connectivity index (χ0n) is 19.1. The van der Waals surface area contributed by atoms with Crippen molar-refractivity contribution in [1.29, 1.82) is 0 Å². The zero-order valence-corrected chi connectivity index (χ0v) is 22.3. The van der Waals surface area contributed by atoms with Gasteiger partial charge in [-0.1, -0.05) is 132 Å². The van der Waals surface area contributed by atoms with Crippen molar-refractivity contribution in [2.75, 3.05) is 0 Å². The van der Waals surface area contributed by atoms with E-state index in [9.17, 15) is 0 Å². The third kappa shape index (κ3) is 6.06. The van der Waals surface area contributed by atoms with Crippen LogP contribution in [0.15, 0.2) is 130 Å². The molecular weight excluding hydrogens is 544 g/mol. The van der Waals surface area contributed by atoms with Gasteiger partial charge in [0.25, 0.3) is 0 Å². The van der Waals surface area contributed by atoms with Gasteiger partial charge in [-0.3, -0.25) is 0 Å². The highest BCUT2D eigenvalue weighted by atomic mass is 79.9. The van der Waals surface area contributed by atoms with Crippen molar-refractivity contribution in [3.63, 3.8) is 0 Å². The van der Waals surface area contributed by atoms with Gasteiger partial charge >= 0.3 is 0 Å². The summed E-state index contributed by atoms with van der Waals surface area (Å²) < 4.78 is 1.60. The van der Waals surface area contributed by atoms with Gasteiger partial charge in [-0.2, -0.15) is 0 Å². The average molecular weight is 568 g/mol. The molecule has 0 spiro atoms. The molecule has 0 radical (unpaired) electrons. The van der Waals surface area contributed by atoms with Gasteiger partial charge in [0.1, 0.15) is 0 Å². The monoisotopic (exact) mass is 566 g/mol. The summed E-state index contributed by atoms with van der Waals surface area (Å²) in [6.07, 6.45) is 0. The second-order valence-electron chi connectivity index (χ2n) is 8.09. The zero-order chi connectivity index (χ0) is 23.9. The van der Waals surface area contributed by atoms with Crippen LogP contribution in [0.3, 0.4) is 0 Å². The fourth-order valence-corrected chi connectivity index (χ4v) is 4.20. The Morgan fingerprint density at radius 1 is 0.441 bits per heavy atom. The molecule has 0 bridgehead atoms. The molecule has 0 saturated heterocycles. The SMILES string of the molecule is Cc1ccc(C(=C=C(Br)C(Br)=C=C(c2ccccc2)c2ccc(C)cc2)c2ccccc2)cc1. The van der Waals surface area contributed by atoms with E-state index in [0.29, 0.717) is 0 Å². The van der Waals surface area contributed by atoms with Gasteiger partial charge in [0.2, 0.25) is 0 Å². The number of aryl methyl sites for hydroxylation is 2. The summed E-state index contributed by atoms with van der Waals surface area (Å²) >= 11 is 7.53. The molecule has 4 aromatic carbocycles. The van der Waals surface area contributed by atoms with Crippen LogP contribution >= 0.6 is 31.9 Å². The van der Waals surface area contributed by atoms with Crippen molar-refractivity contribution in [2.45, 2.75) is 13.8 Å². The Hall–Kier alpha value is -3.12. The number of hydrogen-bond donors (Lipinski definition) is 0. The summed E-state index contributed by atoms with van der Waals surface area (Å²) in [6, 6.07) is 37.8. The molecule has 0 aliphatic heterocycles. The van der Waals surface area contributed by atoms with Crippen molar-refractivity contribution in [1.82, 2.24) is 0 Å². The molecule has 34 heavy (non-hydrogen) atoms. The molecular formula is C32H24Br2. The molecule has 0 amide bonds. The third-order valence-corrected chi connectivity index (χ3v) is 7.19. The number of rotatable bonds is 5. The van der Waals surface area contributed by atoms with Crippen LogP contribution in [0, 0.1) is 13.8 Å². The number of halogens is 2. The Labute approximate surface area is 218 Å². The van der Waals surface area contributed by atoms with E-state index in [2.05, 4.69) is 154 Å². The quantitative estimate of drug-likeness (QED) is 0.166. The maximum atomic E-state index is 3.76. The maximum Gasteiger partial charge on any atom is 0.0820 e. The summed E-state index contributed by atoms with van der Waals surface area (Å²) in [7, 11) is 0. The van der Waals surface area contributed by atoms with Crippen LogP contribution in [0.25, 0.3) is 11.1 Å². The van der Waals surface area contributed by atoms with Gasteiger partial charge in [-0.05, 0) is 68.0 Å². The fraction of sp³-hybridized carbons (Fsp3) is 0.0625. The van der Waals surface area contributed by atoms with Crippen LogP contribution in [0.4, 0.5) is 0 Å². The van der Waals surface area contributed by atoms with E-state index >= 15 is 0 Å². The Bertz CT molecular complexity index is 1280. The second kappa shape index (κ2) is 11.3. The molecule has 0 aromatic heterocycles. The highest BCUT2D eigenvalue weighted by molar-refractivity contribution is 9.15. The summed E-state index contributed by atoms with van der Waals surface area (Å²) in [5.41, 5.74) is 16.1. The summed E-state index contributed by atoms with van der Waals surface area (Å²) in [5.74, 6) is 0. The Balaban J connectivity index is 1.94. The molecule has 0 aliphatic carbocycles. The van der Waals surface area contributed by atoms with Crippen molar-refractivity contribution in [3.8, 4) is 0 Å². The standard InChI is InChI=1S/C32H24Br2/c1-23-13-17-27(18-14-23)29(25-9-5-3-6-10-25)21-31(33)32(34)22-30(26-11-7-4-8-12-26)28-19-15-24(2)16-20-28/h3-20H,1-2H3. The normalized spacial score (nSPS) is 10.1. The summed E-state index contributed by atoms with van der Waals surface area (Å²) in [5, 5.41) is 0. The molecule has 4 aromatic rings. The second-order valence-corrected chi connectivity index (χ2v) is 9.68. The average Bonchev–Trinajstić information content (AvgIpc) is 2.88. The van der Waals surface area contributed by atoms with Crippen molar-refractivity contribution < 1.29 is 0 Å². The lowest BCUT2D eigenvalue weighted by Crippen LogP contribution is -1.88. The predicted molar refractivity (Wildman–Crippen MR) is 152 cm³/mol. The third-order valence-electron chi connectivity index (χ3n) is 5.47. The highest BCUT2D eigenvalue weighted by Crippen LogP contribution is 2.30. The predicted octanol–water partition coefficient (Wildman–Crippen LogP) is 9.62. The lowest BCUT2D eigenvalue weighted by Gasteiger charge is -2.08.